The maximum Gasteiger partial charge on any atom is 0.223 e. The highest BCUT2D eigenvalue weighted by Crippen LogP contribution is 2.26. The molecule has 0 aromatic carbocycles. The van der Waals surface area contributed by atoms with Crippen LogP contribution in [0.5, 0.6) is 0 Å². The summed E-state index contributed by atoms with van der Waals surface area (Å²) in [7, 11) is 0. The van der Waals surface area contributed by atoms with Crippen molar-refractivity contribution in [1.82, 2.24) is 10.1 Å². The SMILES string of the molecule is Cc1noc(C)c1C(C)CC(=O)N1CCCC(O)C1. The van der Waals surface area contributed by atoms with Crippen molar-refractivity contribution in [2.45, 2.75) is 52.1 Å². The maximum absolute atomic E-state index is 12.2. The standard InChI is InChI=1S/C14H22N2O3/c1-9(14-10(2)15-19-11(14)3)7-13(18)16-6-4-5-12(17)8-16/h9,12,17H,4-8H2,1-3H3. The van der Waals surface area contributed by atoms with E-state index >= 15 is 0 Å². The Morgan fingerprint density at radius 3 is 2.89 bits per heavy atom. The zero-order chi connectivity index (χ0) is 14.0. The minimum atomic E-state index is -0.368. The molecule has 0 aliphatic carbocycles. The Balaban J connectivity index is 1.99. The number of carbonyl (C=O) groups is 1. The largest absolute Gasteiger partial charge is 0.391 e. The van der Waals surface area contributed by atoms with E-state index in [0.717, 1.165) is 36.4 Å². The number of amides is 1. The zero-order valence-electron chi connectivity index (χ0n) is 11.8. The lowest BCUT2D eigenvalue weighted by molar-refractivity contribution is -0.134. The van der Waals surface area contributed by atoms with Gasteiger partial charge in [-0.1, -0.05) is 12.1 Å². The van der Waals surface area contributed by atoms with Crippen molar-refractivity contribution in [2.24, 2.45) is 0 Å². The summed E-state index contributed by atoms with van der Waals surface area (Å²) in [5.41, 5.74) is 1.89. The van der Waals surface area contributed by atoms with Gasteiger partial charge in [-0.2, -0.15) is 0 Å². The number of nitrogens with zero attached hydrogens (tertiary/aromatic N) is 2. The average Bonchev–Trinajstić information content (AvgIpc) is 2.69. The van der Waals surface area contributed by atoms with Crippen LogP contribution >= 0.6 is 0 Å². The van der Waals surface area contributed by atoms with E-state index in [1.165, 1.54) is 0 Å². The van der Waals surface area contributed by atoms with Crippen LogP contribution in [0.1, 0.15) is 49.1 Å². The summed E-state index contributed by atoms with van der Waals surface area (Å²) < 4.78 is 5.15. The van der Waals surface area contributed by atoms with Gasteiger partial charge in [0.25, 0.3) is 0 Å². The van der Waals surface area contributed by atoms with Crippen LogP contribution in [-0.4, -0.2) is 40.3 Å². The molecule has 1 fully saturated rings. The topological polar surface area (TPSA) is 66.6 Å². The number of hydrogen-bond acceptors (Lipinski definition) is 4. The summed E-state index contributed by atoms with van der Waals surface area (Å²) in [4.78, 5) is 14.0. The van der Waals surface area contributed by atoms with Crippen molar-refractivity contribution in [2.75, 3.05) is 13.1 Å². The lowest BCUT2D eigenvalue weighted by atomic mass is 9.95. The minimum Gasteiger partial charge on any atom is -0.391 e. The number of aliphatic hydroxyl groups is 1. The third-order valence-electron chi connectivity index (χ3n) is 3.81. The fourth-order valence-corrected chi connectivity index (χ4v) is 2.87. The molecule has 1 aliphatic heterocycles. The van der Waals surface area contributed by atoms with E-state index in [0.29, 0.717) is 13.0 Å². The predicted octanol–water partition coefficient (Wildman–Crippen LogP) is 1.77. The van der Waals surface area contributed by atoms with Crippen LogP contribution in [0.25, 0.3) is 0 Å². The fourth-order valence-electron chi connectivity index (χ4n) is 2.87. The highest BCUT2D eigenvalue weighted by molar-refractivity contribution is 5.77. The number of likely N-dealkylation sites (tertiary alicyclic amines) is 1. The second kappa shape index (κ2) is 5.74. The van der Waals surface area contributed by atoms with E-state index in [1.807, 2.05) is 20.8 Å². The highest BCUT2D eigenvalue weighted by atomic mass is 16.5. The number of rotatable bonds is 3. The number of aryl methyl sites for hydroxylation is 2. The van der Waals surface area contributed by atoms with Gasteiger partial charge in [0.1, 0.15) is 5.76 Å². The Kier molecular flexibility index (Phi) is 4.24. The number of aliphatic hydroxyl groups excluding tert-OH is 1. The van der Waals surface area contributed by atoms with Gasteiger partial charge in [0.05, 0.1) is 11.8 Å². The molecule has 106 valence electrons. The van der Waals surface area contributed by atoms with Gasteiger partial charge in [0.15, 0.2) is 0 Å². The molecule has 1 saturated heterocycles. The number of β-amino-alcohol motifs (C(OH)–C–C–N with tert-alkyl or cyclic N) is 1. The summed E-state index contributed by atoms with van der Waals surface area (Å²) in [6.07, 6.45) is 1.75. The summed E-state index contributed by atoms with van der Waals surface area (Å²) in [6.45, 7) is 7.01. The van der Waals surface area contributed by atoms with Gasteiger partial charge in [-0.15, -0.1) is 0 Å². The van der Waals surface area contributed by atoms with Crippen LogP contribution in [0.4, 0.5) is 0 Å². The molecule has 1 amide bonds. The molecule has 0 radical (unpaired) electrons. The van der Waals surface area contributed by atoms with Crippen LogP contribution in [0.15, 0.2) is 4.52 Å². The molecule has 2 atom stereocenters. The first-order valence-electron chi connectivity index (χ1n) is 6.87. The van der Waals surface area contributed by atoms with Crippen LogP contribution in [0.2, 0.25) is 0 Å². The smallest absolute Gasteiger partial charge is 0.223 e. The highest BCUT2D eigenvalue weighted by Gasteiger charge is 2.25. The van der Waals surface area contributed by atoms with E-state index in [9.17, 15) is 9.90 Å². The quantitative estimate of drug-likeness (QED) is 0.905. The Bertz CT molecular complexity index is 436. The average molecular weight is 266 g/mol. The van der Waals surface area contributed by atoms with Crippen molar-refractivity contribution in [3.8, 4) is 0 Å². The first-order chi connectivity index (χ1) is 8.99. The van der Waals surface area contributed by atoms with Crippen molar-refractivity contribution in [3.63, 3.8) is 0 Å². The molecule has 5 heteroatoms. The van der Waals surface area contributed by atoms with Crippen molar-refractivity contribution in [3.05, 3.63) is 17.0 Å². The molecule has 2 rings (SSSR count). The lowest BCUT2D eigenvalue weighted by Crippen LogP contribution is -2.42. The molecule has 1 aromatic heterocycles. The molecule has 0 bridgehead atoms. The monoisotopic (exact) mass is 266 g/mol. The minimum absolute atomic E-state index is 0.0952. The molecule has 2 heterocycles. The summed E-state index contributed by atoms with van der Waals surface area (Å²) in [6, 6.07) is 0. The predicted molar refractivity (Wildman–Crippen MR) is 70.8 cm³/mol. The molecule has 2 unspecified atom stereocenters. The first kappa shape index (κ1) is 14.1. The van der Waals surface area contributed by atoms with E-state index in [1.54, 1.807) is 4.90 Å². The van der Waals surface area contributed by atoms with Gasteiger partial charge in [-0.05, 0) is 32.6 Å². The van der Waals surface area contributed by atoms with Gasteiger partial charge in [0, 0.05) is 25.1 Å². The number of carbonyl (C=O) groups excluding carboxylic acids is 1. The molecule has 1 aliphatic rings. The first-order valence-corrected chi connectivity index (χ1v) is 6.87. The molecule has 0 spiro atoms. The fraction of sp³-hybridized carbons (Fsp3) is 0.714. The van der Waals surface area contributed by atoms with Gasteiger partial charge in [-0.25, -0.2) is 0 Å². The Hall–Kier alpha value is -1.36. The molecule has 1 N–H and O–H groups in total. The molecular formula is C14H22N2O3. The van der Waals surface area contributed by atoms with Gasteiger partial charge >= 0.3 is 0 Å². The Labute approximate surface area is 113 Å². The van der Waals surface area contributed by atoms with Gasteiger partial charge in [-0.3, -0.25) is 4.79 Å². The third-order valence-corrected chi connectivity index (χ3v) is 3.81. The number of hydrogen-bond donors (Lipinski definition) is 1. The molecule has 19 heavy (non-hydrogen) atoms. The van der Waals surface area contributed by atoms with Gasteiger partial charge in [0.2, 0.25) is 5.91 Å². The summed E-state index contributed by atoms with van der Waals surface area (Å²) in [5.74, 6) is 0.987. The van der Waals surface area contributed by atoms with Crippen LogP contribution in [0.3, 0.4) is 0 Å². The van der Waals surface area contributed by atoms with Gasteiger partial charge < -0.3 is 14.5 Å². The van der Waals surface area contributed by atoms with E-state index in [-0.39, 0.29) is 17.9 Å². The Morgan fingerprint density at radius 1 is 1.58 bits per heavy atom. The zero-order valence-corrected chi connectivity index (χ0v) is 11.8. The van der Waals surface area contributed by atoms with Crippen molar-refractivity contribution >= 4 is 5.91 Å². The summed E-state index contributed by atoms with van der Waals surface area (Å²) in [5, 5.41) is 13.5. The van der Waals surface area contributed by atoms with Crippen LogP contribution in [-0.2, 0) is 4.79 Å². The van der Waals surface area contributed by atoms with Crippen LogP contribution < -0.4 is 0 Å². The summed E-state index contributed by atoms with van der Waals surface area (Å²) >= 11 is 0. The van der Waals surface area contributed by atoms with E-state index in [4.69, 9.17) is 4.52 Å². The maximum atomic E-state index is 12.2. The van der Waals surface area contributed by atoms with Crippen LogP contribution in [0, 0.1) is 13.8 Å². The number of aromatic nitrogens is 1. The van der Waals surface area contributed by atoms with E-state index < -0.39 is 0 Å². The van der Waals surface area contributed by atoms with Crippen molar-refractivity contribution in [1.29, 1.82) is 0 Å². The third kappa shape index (κ3) is 3.15. The second-order valence-corrected chi connectivity index (χ2v) is 5.48. The van der Waals surface area contributed by atoms with Crippen molar-refractivity contribution < 1.29 is 14.4 Å². The second-order valence-electron chi connectivity index (χ2n) is 5.48. The number of piperidine rings is 1. The lowest BCUT2D eigenvalue weighted by Gasteiger charge is -2.31. The molecule has 0 saturated carbocycles. The normalized spacial score (nSPS) is 21.5. The molecular weight excluding hydrogens is 244 g/mol. The molecule has 5 nitrogen and oxygen atoms in total. The molecule has 1 aromatic rings. The Morgan fingerprint density at radius 2 is 2.32 bits per heavy atom. The van der Waals surface area contributed by atoms with E-state index in [2.05, 4.69) is 5.16 Å².